The molecule has 0 spiro atoms. The lowest BCUT2D eigenvalue weighted by Crippen LogP contribution is -2.01. The van der Waals surface area contributed by atoms with Crippen LogP contribution in [0.5, 0.6) is 0 Å². The van der Waals surface area contributed by atoms with E-state index in [0.29, 0.717) is 6.54 Å². The predicted molar refractivity (Wildman–Crippen MR) is 75.5 cm³/mol. The molecule has 0 radical (unpaired) electrons. The number of nitrogens with one attached hydrogen (secondary N) is 1. The van der Waals surface area contributed by atoms with Gasteiger partial charge >= 0.3 is 0 Å². The van der Waals surface area contributed by atoms with E-state index in [9.17, 15) is 0 Å². The van der Waals surface area contributed by atoms with E-state index in [1.54, 1.807) is 6.19 Å². The van der Waals surface area contributed by atoms with Crippen LogP contribution in [0.15, 0.2) is 36.0 Å². The van der Waals surface area contributed by atoms with Crippen LogP contribution in [0.1, 0.15) is 24.7 Å². The number of hydrogen-bond acceptors (Lipinski definition) is 3. The predicted octanol–water partition coefficient (Wildman–Crippen LogP) is 2.36. The number of nitrogens with zero attached hydrogens (tertiary/aromatic N) is 4. The number of aromatic nitrogens is 2. The van der Waals surface area contributed by atoms with Crippen molar-refractivity contribution in [1.82, 2.24) is 14.7 Å². The molecule has 0 fully saturated rings. The lowest BCUT2D eigenvalue weighted by Gasteiger charge is -2.04. The number of allylic oxidation sites excluding steroid dienone is 1. The van der Waals surface area contributed by atoms with Crippen molar-refractivity contribution >= 4 is 17.6 Å². The summed E-state index contributed by atoms with van der Waals surface area (Å²) in [6.07, 6.45) is 5.99. The number of pyridine rings is 1. The molecule has 0 aromatic carbocycles. The highest BCUT2D eigenvalue weighted by atomic mass is 15.0. The normalized spacial score (nSPS) is 10.7. The molecule has 0 saturated carbocycles. The fourth-order valence-electron chi connectivity index (χ4n) is 1.90. The average molecular weight is 253 g/mol. The second-order valence-electron chi connectivity index (χ2n) is 4.02. The van der Waals surface area contributed by atoms with E-state index in [1.165, 1.54) is 6.34 Å². The molecule has 0 aliphatic rings. The summed E-state index contributed by atoms with van der Waals surface area (Å²) < 4.78 is 2.02. The highest BCUT2D eigenvalue weighted by molar-refractivity contribution is 5.66. The topological polar surface area (TPSA) is 65.5 Å². The van der Waals surface area contributed by atoms with Crippen LogP contribution in [0, 0.1) is 11.5 Å². The third-order valence-corrected chi connectivity index (χ3v) is 2.83. The van der Waals surface area contributed by atoms with E-state index in [1.807, 2.05) is 28.8 Å². The average Bonchev–Trinajstić information content (AvgIpc) is 2.81. The first-order valence-corrected chi connectivity index (χ1v) is 6.05. The fourth-order valence-corrected chi connectivity index (χ4v) is 1.90. The fraction of sp³-hybridized carbons (Fsp3) is 0.214. The zero-order valence-electron chi connectivity index (χ0n) is 10.8. The Morgan fingerprint density at radius 2 is 2.47 bits per heavy atom. The van der Waals surface area contributed by atoms with Crippen molar-refractivity contribution < 1.29 is 0 Å². The molecule has 0 unspecified atom stereocenters. The third-order valence-electron chi connectivity index (χ3n) is 2.83. The van der Waals surface area contributed by atoms with Crippen molar-refractivity contribution in [2.45, 2.75) is 19.9 Å². The Hall–Kier alpha value is -2.61. The lowest BCUT2D eigenvalue weighted by atomic mass is 10.1. The first kappa shape index (κ1) is 12.8. The van der Waals surface area contributed by atoms with Gasteiger partial charge in [-0.3, -0.25) is 14.7 Å². The summed E-state index contributed by atoms with van der Waals surface area (Å²) in [6.45, 7) is 6.58. The highest BCUT2D eigenvalue weighted by Crippen LogP contribution is 2.22. The van der Waals surface area contributed by atoms with E-state index in [4.69, 9.17) is 5.26 Å². The van der Waals surface area contributed by atoms with Gasteiger partial charge in [-0.25, -0.2) is 4.98 Å². The quantitative estimate of drug-likeness (QED) is 0.385. The van der Waals surface area contributed by atoms with Crippen LogP contribution in [0.2, 0.25) is 0 Å². The molecular weight excluding hydrogens is 238 g/mol. The van der Waals surface area contributed by atoms with Crippen LogP contribution in [0.4, 0.5) is 0 Å². The van der Waals surface area contributed by atoms with Crippen molar-refractivity contribution in [3.8, 4) is 6.19 Å². The summed E-state index contributed by atoms with van der Waals surface area (Å²) in [5.74, 6) is 0. The van der Waals surface area contributed by atoms with Gasteiger partial charge in [-0.1, -0.05) is 19.6 Å². The standard InChI is InChI=1S/C14H15N5/c1-3-11(2)14-12(8-16-10-17-9-15)18-13-6-4-5-7-19(13)14/h4-7,10H,2-3,8H2,1H3,(H,16,17). The molecule has 2 aromatic heterocycles. The first-order chi connectivity index (χ1) is 9.27. The van der Waals surface area contributed by atoms with Crippen LogP contribution in [0.3, 0.4) is 0 Å². The Balaban J connectivity index is 2.42. The van der Waals surface area contributed by atoms with Crippen molar-refractivity contribution in [2.75, 3.05) is 0 Å². The minimum Gasteiger partial charge on any atom is -0.300 e. The molecular formula is C14H15N5. The Kier molecular flexibility index (Phi) is 3.94. The van der Waals surface area contributed by atoms with Gasteiger partial charge in [0.1, 0.15) is 5.65 Å². The Bertz CT molecular complexity index is 660. The maximum atomic E-state index is 8.37. The summed E-state index contributed by atoms with van der Waals surface area (Å²) in [5, 5.41) is 10.7. The third kappa shape index (κ3) is 2.63. The maximum absolute atomic E-state index is 8.37. The van der Waals surface area contributed by atoms with Crippen molar-refractivity contribution in [3.63, 3.8) is 0 Å². The molecule has 0 bridgehead atoms. The number of rotatable bonds is 5. The van der Waals surface area contributed by atoms with E-state index >= 15 is 0 Å². The van der Waals surface area contributed by atoms with Gasteiger partial charge in [-0.15, -0.1) is 0 Å². The van der Waals surface area contributed by atoms with Gasteiger partial charge in [0.05, 0.1) is 24.3 Å². The smallest absolute Gasteiger partial charge is 0.182 e. The molecule has 2 heterocycles. The van der Waals surface area contributed by atoms with Gasteiger partial charge < -0.3 is 0 Å². The molecule has 0 amide bonds. The van der Waals surface area contributed by atoms with Crippen LogP contribution in [0.25, 0.3) is 11.2 Å². The largest absolute Gasteiger partial charge is 0.300 e. The van der Waals surface area contributed by atoms with Gasteiger partial charge in [0, 0.05) is 6.20 Å². The number of nitriles is 1. The molecule has 0 aliphatic heterocycles. The summed E-state index contributed by atoms with van der Waals surface area (Å²) in [6, 6.07) is 5.86. The lowest BCUT2D eigenvalue weighted by molar-refractivity contribution is 0.992. The zero-order valence-corrected chi connectivity index (χ0v) is 10.8. The van der Waals surface area contributed by atoms with E-state index in [-0.39, 0.29) is 0 Å². The molecule has 1 N–H and O–H groups in total. The second kappa shape index (κ2) is 5.83. The van der Waals surface area contributed by atoms with Gasteiger partial charge in [-0.2, -0.15) is 5.26 Å². The van der Waals surface area contributed by atoms with Crippen LogP contribution >= 0.6 is 0 Å². The van der Waals surface area contributed by atoms with E-state index in [2.05, 4.69) is 28.8 Å². The molecule has 0 atom stereocenters. The van der Waals surface area contributed by atoms with Crippen molar-refractivity contribution in [1.29, 1.82) is 5.26 Å². The molecule has 19 heavy (non-hydrogen) atoms. The monoisotopic (exact) mass is 253 g/mol. The van der Waals surface area contributed by atoms with Gasteiger partial charge in [0.15, 0.2) is 6.19 Å². The van der Waals surface area contributed by atoms with Gasteiger partial charge in [0.25, 0.3) is 0 Å². The molecule has 96 valence electrons. The van der Waals surface area contributed by atoms with Crippen LogP contribution in [-0.2, 0) is 6.54 Å². The number of aliphatic imine (C=N–C) groups is 1. The number of fused-ring (bicyclic) bond motifs is 1. The first-order valence-electron chi connectivity index (χ1n) is 6.05. The summed E-state index contributed by atoms with van der Waals surface area (Å²) >= 11 is 0. The Morgan fingerprint density at radius 3 is 3.21 bits per heavy atom. The molecule has 2 rings (SSSR count). The molecule has 0 aliphatic carbocycles. The van der Waals surface area contributed by atoms with Crippen molar-refractivity contribution in [3.05, 3.63) is 42.4 Å². The molecule has 2 aromatic rings. The number of imidazole rings is 1. The molecule has 5 heteroatoms. The van der Waals surface area contributed by atoms with Crippen LogP contribution in [-0.4, -0.2) is 15.7 Å². The molecule has 0 saturated heterocycles. The van der Waals surface area contributed by atoms with Gasteiger partial charge in [0.2, 0.25) is 0 Å². The SMILES string of the molecule is C=C(CC)c1c(CN=CNC#N)nc2ccccn12. The van der Waals surface area contributed by atoms with Crippen LogP contribution < -0.4 is 5.32 Å². The summed E-state index contributed by atoms with van der Waals surface area (Å²) in [5.41, 5.74) is 3.78. The Labute approximate surface area is 111 Å². The highest BCUT2D eigenvalue weighted by Gasteiger charge is 2.12. The minimum atomic E-state index is 0.421. The van der Waals surface area contributed by atoms with E-state index < -0.39 is 0 Å². The summed E-state index contributed by atoms with van der Waals surface area (Å²) in [7, 11) is 0. The van der Waals surface area contributed by atoms with Gasteiger partial charge in [-0.05, 0) is 24.1 Å². The van der Waals surface area contributed by atoms with Crippen molar-refractivity contribution in [2.24, 2.45) is 4.99 Å². The molecule has 5 nitrogen and oxygen atoms in total. The van der Waals surface area contributed by atoms with E-state index in [0.717, 1.165) is 29.0 Å². The zero-order chi connectivity index (χ0) is 13.7. The summed E-state index contributed by atoms with van der Waals surface area (Å²) in [4.78, 5) is 8.69. The minimum absolute atomic E-state index is 0.421. The Morgan fingerprint density at radius 1 is 1.63 bits per heavy atom. The maximum Gasteiger partial charge on any atom is 0.182 e. The second-order valence-corrected chi connectivity index (χ2v) is 4.02. The number of hydrogen-bond donors (Lipinski definition) is 1.